The Morgan fingerprint density at radius 2 is 2.30 bits per heavy atom. The number of nitrogens with zero attached hydrogens (tertiary/aromatic N) is 3. The minimum Gasteiger partial charge on any atom is -0.471 e. The van der Waals surface area contributed by atoms with Crippen LogP contribution in [-0.2, 0) is 11.2 Å². The zero-order valence-electron chi connectivity index (χ0n) is 12.7. The summed E-state index contributed by atoms with van der Waals surface area (Å²) in [6.45, 7) is 1.32. The third kappa shape index (κ3) is 4.42. The molecule has 2 aromatic rings. The molecule has 1 aromatic heterocycles. The van der Waals surface area contributed by atoms with Crippen molar-refractivity contribution in [1.82, 2.24) is 14.9 Å². The number of likely N-dealkylation sites (tertiary alicyclic amines) is 1. The molecule has 0 saturated carbocycles. The average Bonchev–Trinajstić information content (AvgIpc) is 3.02. The Morgan fingerprint density at radius 1 is 1.39 bits per heavy atom. The van der Waals surface area contributed by atoms with Crippen molar-refractivity contribution >= 4 is 17.5 Å². The number of carbonyl (C=O) groups excluding carboxylic acids is 1. The van der Waals surface area contributed by atoms with E-state index in [4.69, 9.17) is 16.3 Å². The molecule has 2 heterocycles. The molecule has 1 fully saturated rings. The number of carbonyl (C=O) groups is 1. The van der Waals surface area contributed by atoms with Crippen molar-refractivity contribution in [3.63, 3.8) is 0 Å². The second-order valence-electron chi connectivity index (χ2n) is 5.54. The first-order chi connectivity index (χ1) is 11.2. The number of ether oxygens (including phenoxy) is 1. The van der Waals surface area contributed by atoms with Crippen LogP contribution in [0.5, 0.6) is 5.88 Å². The van der Waals surface area contributed by atoms with Crippen LogP contribution in [0.15, 0.2) is 42.9 Å². The maximum absolute atomic E-state index is 12.3. The van der Waals surface area contributed by atoms with E-state index in [1.165, 1.54) is 0 Å². The Labute approximate surface area is 140 Å². The van der Waals surface area contributed by atoms with E-state index in [0.717, 1.165) is 18.5 Å². The highest BCUT2D eigenvalue weighted by molar-refractivity contribution is 6.30. The molecule has 5 nitrogen and oxygen atoms in total. The van der Waals surface area contributed by atoms with Gasteiger partial charge in [0.25, 0.3) is 0 Å². The highest BCUT2D eigenvalue weighted by atomic mass is 35.5. The van der Waals surface area contributed by atoms with Crippen molar-refractivity contribution < 1.29 is 9.53 Å². The van der Waals surface area contributed by atoms with E-state index in [1.807, 2.05) is 29.2 Å². The fourth-order valence-electron chi connectivity index (χ4n) is 2.67. The van der Waals surface area contributed by atoms with E-state index in [-0.39, 0.29) is 12.0 Å². The van der Waals surface area contributed by atoms with E-state index in [0.29, 0.717) is 30.3 Å². The van der Waals surface area contributed by atoms with Gasteiger partial charge in [-0.05, 0) is 24.1 Å². The molecule has 6 heteroatoms. The lowest BCUT2D eigenvalue weighted by Crippen LogP contribution is -2.31. The van der Waals surface area contributed by atoms with Crippen LogP contribution in [0.2, 0.25) is 5.02 Å². The summed E-state index contributed by atoms with van der Waals surface area (Å²) < 4.78 is 5.75. The monoisotopic (exact) mass is 331 g/mol. The number of hydrogen-bond donors (Lipinski definition) is 0. The highest BCUT2D eigenvalue weighted by Crippen LogP contribution is 2.18. The number of benzene rings is 1. The maximum atomic E-state index is 12.3. The Kier molecular flexibility index (Phi) is 5.08. The lowest BCUT2D eigenvalue weighted by Gasteiger charge is -2.17. The van der Waals surface area contributed by atoms with Crippen molar-refractivity contribution in [2.75, 3.05) is 13.1 Å². The summed E-state index contributed by atoms with van der Waals surface area (Å²) in [6.07, 6.45) is 6.78. The van der Waals surface area contributed by atoms with Crippen LogP contribution in [0.1, 0.15) is 18.4 Å². The lowest BCUT2D eigenvalue weighted by atomic mass is 10.1. The topological polar surface area (TPSA) is 55.3 Å². The minimum atomic E-state index is -0.0122. The van der Waals surface area contributed by atoms with Gasteiger partial charge in [-0.1, -0.05) is 23.7 Å². The first kappa shape index (κ1) is 15.7. The van der Waals surface area contributed by atoms with Gasteiger partial charge in [-0.2, -0.15) is 0 Å². The predicted octanol–water partition coefficient (Wildman–Crippen LogP) is 2.74. The van der Waals surface area contributed by atoms with Gasteiger partial charge in [-0.25, -0.2) is 4.98 Å². The van der Waals surface area contributed by atoms with E-state index in [1.54, 1.807) is 18.6 Å². The van der Waals surface area contributed by atoms with E-state index in [9.17, 15) is 4.79 Å². The van der Waals surface area contributed by atoms with Crippen molar-refractivity contribution in [1.29, 1.82) is 0 Å². The Bertz CT molecular complexity index is 666. The molecule has 3 rings (SSSR count). The van der Waals surface area contributed by atoms with Gasteiger partial charge in [0.2, 0.25) is 11.8 Å². The molecule has 120 valence electrons. The van der Waals surface area contributed by atoms with Gasteiger partial charge in [0.15, 0.2) is 0 Å². The number of aryl methyl sites for hydroxylation is 1. The SMILES string of the molecule is O=C(CCc1cccc(Cl)c1)N1CCC(Oc2cnccn2)C1. The Morgan fingerprint density at radius 3 is 3.09 bits per heavy atom. The van der Waals surface area contributed by atoms with Crippen molar-refractivity contribution in [2.24, 2.45) is 0 Å². The molecule has 0 N–H and O–H groups in total. The maximum Gasteiger partial charge on any atom is 0.232 e. The number of aromatic nitrogens is 2. The average molecular weight is 332 g/mol. The summed E-state index contributed by atoms with van der Waals surface area (Å²) in [5.74, 6) is 0.654. The second kappa shape index (κ2) is 7.42. The Hall–Kier alpha value is -2.14. The molecule has 0 radical (unpaired) electrons. The van der Waals surface area contributed by atoms with Crippen LogP contribution in [0.25, 0.3) is 0 Å². The molecule has 1 saturated heterocycles. The van der Waals surface area contributed by atoms with Crippen LogP contribution in [-0.4, -0.2) is 40.0 Å². The van der Waals surface area contributed by atoms with Gasteiger partial charge in [0.1, 0.15) is 6.10 Å². The third-order valence-electron chi connectivity index (χ3n) is 3.84. The summed E-state index contributed by atoms with van der Waals surface area (Å²) >= 11 is 5.96. The Balaban J connectivity index is 1.47. The van der Waals surface area contributed by atoms with Gasteiger partial charge in [0.05, 0.1) is 12.7 Å². The number of amides is 1. The summed E-state index contributed by atoms with van der Waals surface area (Å²) in [6, 6.07) is 7.63. The molecular formula is C17H18ClN3O2. The zero-order chi connectivity index (χ0) is 16.1. The molecule has 1 atom stereocenters. The fraction of sp³-hybridized carbons (Fsp3) is 0.353. The van der Waals surface area contributed by atoms with Gasteiger partial charge in [0, 0.05) is 36.8 Å². The molecule has 1 amide bonds. The first-order valence-electron chi connectivity index (χ1n) is 7.65. The molecule has 1 aliphatic heterocycles. The summed E-state index contributed by atoms with van der Waals surface area (Å²) in [5, 5.41) is 0.702. The molecule has 1 aliphatic rings. The van der Waals surface area contributed by atoms with E-state index < -0.39 is 0 Å². The van der Waals surface area contributed by atoms with Crippen LogP contribution in [0, 0.1) is 0 Å². The fourth-order valence-corrected chi connectivity index (χ4v) is 2.88. The minimum absolute atomic E-state index is 0.0122. The summed E-state index contributed by atoms with van der Waals surface area (Å²) in [7, 11) is 0. The normalized spacial score (nSPS) is 17.3. The number of hydrogen-bond acceptors (Lipinski definition) is 4. The summed E-state index contributed by atoms with van der Waals surface area (Å²) in [5.41, 5.74) is 1.08. The van der Waals surface area contributed by atoms with Crippen LogP contribution in [0.3, 0.4) is 0 Å². The third-order valence-corrected chi connectivity index (χ3v) is 4.08. The predicted molar refractivity (Wildman–Crippen MR) is 87.4 cm³/mol. The number of halogens is 1. The van der Waals surface area contributed by atoms with Crippen molar-refractivity contribution in [3.8, 4) is 5.88 Å². The van der Waals surface area contributed by atoms with Crippen LogP contribution >= 0.6 is 11.6 Å². The molecule has 23 heavy (non-hydrogen) atoms. The highest BCUT2D eigenvalue weighted by Gasteiger charge is 2.27. The molecule has 0 aliphatic carbocycles. The van der Waals surface area contributed by atoms with Gasteiger partial charge in [-0.15, -0.1) is 0 Å². The van der Waals surface area contributed by atoms with Crippen molar-refractivity contribution in [3.05, 3.63) is 53.4 Å². The van der Waals surface area contributed by atoms with E-state index >= 15 is 0 Å². The van der Waals surface area contributed by atoms with Crippen LogP contribution < -0.4 is 4.74 Å². The first-order valence-corrected chi connectivity index (χ1v) is 8.03. The van der Waals surface area contributed by atoms with Crippen molar-refractivity contribution in [2.45, 2.75) is 25.4 Å². The second-order valence-corrected chi connectivity index (χ2v) is 5.98. The van der Waals surface area contributed by atoms with Gasteiger partial charge >= 0.3 is 0 Å². The zero-order valence-corrected chi connectivity index (χ0v) is 13.4. The molecule has 0 spiro atoms. The molecule has 0 bridgehead atoms. The van der Waals surface area contributed by atoms with Gasteiger partial charge in [-0.3, -0.25) is 9.78 Å². The van der Waals surface area contributed by atoms with Gasteiger partial charge < -0.3 is 9.64 Å². The smallest absolute Gasteiger partial charge is 0.232 e. The van der Waals surface area contributed by atoms with Crippen LogP contribution in [0.4, 0.5) is 0 Å². The molecular weight excluding hydrogens is 314 g/mol. The lowest BCUT2D eigenvalue weighted by molar-refractivity contribution is -0.130. The van der Waals surface area contributed by atoms with E-state index in [2.05, 4.69) is 9.97 Å². The standard InChI is InChI=1S/C17H18ClN3O2/c18-14-3-1-2-13(10-14)4-5-17(22)21-9-6-15(12-21)23-16-11-19-7-8-20-16/h1-3,7-8,10-11,15H,4-6,9,12H2. The number of rotatable bonds is 5. The summed E-state index contributed by atoms with van der Waals surface area (Å²) in [4.78, 5) is 22.2. The molecule has 1 unspecified atom stereocenters. The molecule has 1 aromatic carbocycles. The largest absolute Gasteiger partial charge is 0.471 e. The quantitative estimate of drug-likeness (QED) is 0.845.